The van der Waals surface area contributed by atoms with Crippen molar-refractivity contribution in [2.24, 2.45) is 0 Å². The SMILES string of the molecule is COc1cccc(C2C3=C(CCCC3=O)Nc3nc(SCc4ccc([N+](=O)[O-])cc4)nn32)c1OC. The van der Waals surface area contributed by atoms with Crippen LogP contribution in [0.5, 0.6) is 11.5 Å². The molecule has 0 radical (unpaired) electrons. The number of carbonyl (C=O) groups excluding carboxylic acids is 1. The highest BCUT2D eigenvalue weighted by Crippen LogP contribution is 2.45. The molecule has 10 nitrogen and oxygen atoms in total. The summed E-state index contributed by atoms with van der Waals surface area (Å²) in [6, 6.07) is 11.5. The highest BCUT2D eigenvalue weighted by atomic mass is 32.2. The Morgan fingerprint density at radius 2 is 1.97 bits per heavy atom. The molecule has 35 heavy (non-hydrogen) atoms. The summed E-state index contributed by atoms with van der Waals surface area (Å²) < 4.78 is 12.9. The van der Waals surface area contributed by atoms with Crippen molar-refractivity contribution in [3.63, 3.8) is 0 Å². The van der Waals surface area contributed by atoms with Crippen LogP contribution >= 0.6 is 11.8 Å². The van der Waals surface area contributed by atoms with Gasteiger partial charge in [-0.05, 0) is 24.5 Å². The largest absolute Gasteiger partial charge is 0.493 e. The van der Waals surface area contributed by atoms with E-state index in [0.29, 0.717) is 40.4 Å². The maximum atomic E-state index is 13.1. The van der Waals surface area contributed by atoms with Gasteiger partial charge in [-0.25, -0.2) is 4.68 Å². The summed E-state index contributed by atoms with van der Waals surface area (Å²) >= 11 is 1.42. The van der Waals surface area contributed by atoms with Crippen molar-refractivity contribution in [1.29, 1.82) is 0 Å². The van der Waals surface area contributed by atoms with Crippen molar-refractivity contribution in [3.8, 4) is 11.5 Å². The monoisotopic (exact) mass is 493 g/mol. The van der Waals surface area contributed by atoms with Gasteiger partial charge in [0.1, 0.15) is 6.04 Å². The van der Waals surface area contributed by atoms with Gasteiger partial charge in [0, 0.05) is 41.1 Å². The van der Waals surface area contributed by atoms with Crippen molar-refractivity contribution in [2.75, 3.05) is 19.5 Å². The minimum absolute atomic E-state index is 0.0509. The number of anilines is 1. The summed E-state index contributed by atoms with van der Waals surface area (Å²) in [7, 11) is 3.16. The highest BCUT2D eigenvalue weighted by molar-refractivity contribution is 7.98. The lowest BCUT2D eigenvalue weighted by Crippen LogP contribution is -2.31. The maximum Gasteiger partial charge on any atom is 0.269 e. The first-order valence-corrected chi connectivity index (χ1v) is 12.1. The molecular weight excluding hydrogens is 470 g/mol. The topological polar surface area (TPSA) is 121 Å². The van der Waals surface area contributed by atoms with E-state index in [1.807, 2.05) is 18.2 Å². The molecule has 0 saturated heterocycles. The molecule has 1 aromatic heterocycles. The van der Waals surface area contributed by atoms with Gasteiger partial charge in [-0.15, -0.1) is 5.10 Å². The number of hydrogen-bond acceptors (Lipinski definition) is 9. The second-order valence-corrected chi connectivity index (χ2v) is 9.10. The average molecular weight is 494 g/mol. The number of aromatic nitrogens is 3. The zero-order chi connectivity index (χ0) is 24.5. The Morgan fingerprint density at radius 3 is 2.69 bits per heavy atom. The van der Waals surface area contributed by atoms with E-state index in [-0.39, 0.29) is 11.5 Å². The van der Waals surface area contributed by atoms with Crippen molar-refractivity contribution in [3.05, 3.63) is 75.0 Å². The van der Waals surface area contributed by atoms with Crippen LogP contribution in [0.1, 0.15) is 36.4 Å². The smallest absolute Gasteiger partial charge is 0.269 e. The lowest BCUT2D eigenvalue weighted by atomic mass is 9.85. The fraction of sp³-hybridized carbons (Fsp3) is 0.292. The molecule has 1 unspecified atom stereocenters. The number of rotatable bonds is 7. The summed E-state index contributed by atoms with van der Waals surface area (Å²) in [6.07, 6.45) is 2.01. The van der Waals surface area contributed by atoms with Gasteiger partial charge in [0.15, 0.2) is 17.3 Å². The number of ketones is 1. The molecule has 180 valence electrons. The molecule has 2 heterocycles. The van der Waals surface area contributed by atoms with E-state index in [9.17, 15) is 14.9 Å². The van der Waals surface area contributed by atoms with Crippen LogP contribution in [0.2, 0.25) is 0 Å². The molecule has 1 N–H and O–H groups in total. The highest BCUT2D eigenvalue weighted by Gasteiger charge is 2.38. The van der Waals surface area contributed by atoms with Gasteiger partial charge < -0.3 is 14.8 Å². The Kier molecular flexibility index (Phi) is 6.16. The number of nitro groups is 1. The number of fused-ring (bicyclic) bond motifs is 1. The zero-order valence-electron chi connectivity index (χ0n) is 19.2. The molecule has 3 aromatic rings. The van der Waals surface area contributed by atoms with E-state index in [0.717, 1.165) is 29.7 Å². The number of carbonyl (C=O) groups is 1. The minimum atomic E-state index is -0.500. The summed E-state index contributed by atoms with van der Waals surface area (Å²) in [4.78, 5) is 28.2. The number of allylic oxidation sites excluding steroid dienone is 2. The van der Waals surface area contributed by atoms with E-state index in [1.54, 1.807) is 31.0 Å². The fourth-order valence-corrected chi connectivity index (χ4v) is 5.26. The van der Waals surface area contributed by atoms with E-state index in [1.165, 1.54) is 23.9 Å². The predicted molar refractivity (Wildman–Crippen MR) is 130 cm³/mol. The molecule has 1 atom stereocenters. The summed E-state index contributed by atoms with van der Waals surface area (Å²) in [5.74, 6) is 2.30. The van der Waals surface area contributed by atoms with E-state index in [2.05, 4.69) is 10.3 Å². The van der Waals surface area contributed by atoms with Gasteiger partial charge in [0.2, 0.25) is 11.1 Å². The summed E-state index contributed by atoms with van der Waals surface area (Å²) in [6.45, 7) is 0. The third-order valence-corrected chi connectivity index (χ3v) is 7.00. The number of para-hydroxylation sites is 1. The maximum absolute atomic E-state index is 13.1. The Bertz CT molecular complexity index is 1330. The standard InChI is InChI=1S/C24H23N5O5S/c1-33-19-8-3-5-16(22(19)34-2)21-20-17(6-4-7-18(20)30)25-23-26-24(27-28(21)23)35-13-14-9-11-15(12-10-14)29(31)32/h3,5,8-12,21H,4,6-7,13H2,1-2H3,(H,25,26,27). The fourth-order valence-electron chi connectivity index (χ4n) is 4.47. The third-order valence-electron chi connectivity index (χ3n) is 6.09. The van der Waals surface area contributed by atoms with E-state index >= 15 is 0 Å². The molecule has 0 saturated carbocycles. The second kappa shape index (κ2) is 9.41. The Labute approximate surface area is 205 Å². The van der Waals surface area contributed by atoms with Gasteiger partial charge >= 0.3 is 0 Å². The van der Waals surface area contributed by atoms with Gasteiger partial charge in [0.25, 0.3) is 5.69 Å². The molecular formula is C24H23N5O5S. The van der Waals surface area contributed by atoms with Crippen molar-refractivity contribution in [1.82, 2.24) is 14.8 Å². The zero-order valence-corrected chi connectivity index (χ0v) is 20.0. The van der Waals surface area contributed by atoms with Crippen molar-refractivity contribution >= 4 is 29.2 Å². The van der Waals surface area contributed by atoms with Gasteiger partial charge in [-0.3, -0.25) is 14.9 Å². The molecule has 1 aliphatic heterocycles. The van der Waals surface area contributed by atoms with Gasteiger partial charge in [0.05, 0.1) is 19.1 Å². The predicted octanol–water partition coefficient (Wildman–Crippen LogP) is 4.52. The average Bonchev–Trinajstić information content (AvgIpc) is 3.28. The van der Waals surface area contributed by atoms with E-state index in [4.69, 9.17) is 14.6 Å². The van der Waals surface area contributed by atoms with Gasteiger partial charge in [-0.2, -0.15) is 4.98 Å². The van der Waals surface area contributed by atoms with Crippen LogP contribution in [-0.2, 0) is 10.5 Å². The van der Waals surface area contributed by atoms with Gasteiger partial charge in [-0.1, -0.05) is 36.0 Å². The number of ether oxygens (including phenoxy) is 2. The first-order chi connectivity index (χ1) is 17.0. The number of hydrogen-bond donors (Lipinski definition) is 1. The molecule has 0 fully saturated rings. The number of nitro benzene ring substituents is 1. The number of thioether (sulfide) groups is 1. The summed E-state index contributed by atoms with van der Waals surface area (Å²) in [5.41, 5.74) is 3.28. The number of nitrogens with zero attached hydrogens (tertiary/aromatic N) is 4. The first kappa shape index (κ1) is 22.9. The number of Topliss-reactive ketones (excluding diaryl/α,β-unsaturated/α-hetero) is 1. The van der Waals surface area contributed by atoms with Crippen LogP contribution in [-0.4, -0.2) is 39.7 Å². The molecule has 1 aliphatic carbocycles. The number of methoxy groups -OCH3 is 2. The van der Waals surface area contributed by atoms with Crippen LogP contribution in [0.25, 0.3) is 0 Å². The normalized spacial score (nSPS) is 16.9. The molecule has 11 heteroatoms. The molecule has 0 bridgehead atoms. The van der Waals surface area contributed by atoms with Crippen LogP contribution in [0.4, 0.5) is 11.6 Å². The molecule has 2 aliphatic rings. The lowest BCUT2D eigenvalue weighted by molar-refractivity contribution is -0.384. The summed E-state index contributed by atoms with van der Waals surface area (Å²) in [5, 5.41) is 19.5. The molecule has 5 rings (SSSR count). The Balaban J connectivity index is 1.51. The van der Waals surface area contributed by atoms with Crippen molar-refractivity contribution < 1.29 is 19.2 Å². The van der Waals surface area contributed by atoms with E-state index < -0.39 is 11.0 Å². The number of non-ortho nitro benzene ring substituents is 1. The number of nitrogens with one attached hydrogen (secondary N) is 1. The number of benzene rings is 2. The molecule has 0 spiro atoms. The van der Waals surface area contributed by atoms with Crippen LogP contribution in [0.3, 0.4) is 0 Å². The van der Waals surface area contributed by atoms with Crippen LogP contribution < -0.4 is 14.8 Å². The Hall–Kier alpha value is -3.86. The third kappa shape index (κ3) is 4.23. The first-order valence-electron chi connectivity index (χ1n) is 11.1. The van der Waals surface area contributed by atoms with Crippen LogP contribution in [0, 0.1) is 10.1 Å². The molecule has 2 aromatic carbocycles. The minimum Gasteiger partial charge on any atom is -0.493 e. The van der Waals surface area contributed by atoms with Crippen LogP contribution in [0.15, 0.2) is 58.9 Å². The quantitative estimate of drug-likeness (QED) is 0.288. The lowest BCUT2D eigenvalue weighted by Gasteiger charge is -2.32. The van der Waals surface area contributed by atoms with Crippen molar-refractivity contribution in [2.45, 2.75) is 36.2 Å². The second-order valence-electron chi connectivity index (χ2n) is 8.15. The Morgan fingerprint density at radius 1 is 1.17 bits per heavy atom. The molecule has 0 amide bonds.